The van der Waals surface area contributed by atoms with Crippen LogP contribution < -0.4 is 14.2 Å². The summed E-state index contributed by atoms with van der Waals surface area (Å²) < 4.78 is 37.5. The van der Waals surface area contributed by atoms with Crippen LogP contribution in [0.3, 0.4) is 0 Å². The molecule has 0 spiro atoms. The highest BCUT2D eigenvalue weighted by molar-refractivity contribution is 7.89. The molecule has 1 rings (SSSR count). The number of benzene rings is 1. The molecule has 1 amide bonds. The van der Waals surface area contributed by atoms with Crippen LogP contribution in [0.2, 0.25) is 0 Å². The van der Waals surface area contributed by atoms with E-state index in [1.807, 2.05) is 20.8 Å². The number of amides is 1. The third-order valence-electron chi connectivity index (χ3n) is 3.48. The maximum absolute atomic E-state index is 12.4. The topological polar surface area (TPSA) is 84.9 Å². The first-order valence-corrected chi connectivity index (χ1v) is 9.01. The third-order valence-corrected chi connectivity index (χ3v) is 4.94. The van der Waals surface area contributed by atoms with Gasteiger partial charge in [-0.2, -0.15) is 0 Å². The first kappa shape index (κ1) is 20.2. The normalized spacial score (nSPS) is 11.9. The molecular weight excluding hydrogens is 332 g/mol. The molecule has 0 bridgehead atoms. The fourth-order valence-corrected chi connectivity index (χ4v) is 3.36. The Morgan fingerprint density at radius 3 is 2.21 bits per heavy atom. The summed E-state index contributed by atoms with van der Waals surface area (Å²) in [6.07, 6.45) is 0. The Bertz CT molecular complexity index is 680. The van der Waals surface area contributed by atoms with Crippen molar-refractivity contribution < 1.29 is 22.7 Å². The molecule has 136 valence electrons. The lowest BCUT2D eigenvalue weighted by Gasteiger charge is -2.35. The molecule has 0 unspecified atom stereocenters. The molecule has 0 aliphatic heterocycles. The Balaban J connectivity index is 2.86. The summed E-state index contributed by atoms with van der Waals surface area (Å²) in [5, 5.41) is 0. The fourth-order valence-electron chi connectivity index (χ4n) is 2.32. The number of ether oxygens (including phenoxy) is 2. The van der Waals surface area contributed by atoms with Gasteiger partial charge in [0.05, 0.1) is 19.1 Å². The van der Waals surface area contributed by atoms with E-state index in [-0.39, 0.29) is 29.4 Å². The van der Waals surface area contributed by atoms with E-state index in [1.54, 1.807) is 4.90 Å². The molecule has 0 radical (unpaired) electrons. The molecule has 0 saturated heterocycles. The zero-order valence-corrected chi connectivity index (χ0v) is 15.9. The van der Waals surface area contributed by atoms with E-state index in [0.29, 0.717) is 11.5 Å². The quantitative estimate of drug-likeness (QED) is 0.801. The molecule has 1 aromatic rings. The second-order valence-electron chi connectivity index (χ2n) is 6.26. The van der Waals surface area contributed by atoms with E-state index >= 15 is 0 Å². The van der Waals surface area contributed by atoms with Crippen molar-refractivity contribution in [3.8, 4) is 11.5 Å². The van der Waals surface area contributed by atoms with E-state index in [9.17, 15) is 13.2 Å². The number of hydrogen-bond acceptors (Lipinski definition) is 5. The lowest BCUT2D eigenvalue weighted by atomic mass is 10.1. The van der Waals surface area contributed by atoms with Crippen LogP contribution in [0.5, 0.6) is 11.5 Å². The predicted molar refractivity (Wildman–Crippen MR) is 91.9 cm³/mol. The van der Waals surface area contributed by atoms with Gasteiger partial charge in [0.1, 0.15) is 0 Å². The maximum atomic E-state index is 12.4. The monoisotopic (exact) mass is 358 g/mol. The summed E-state index contributed by atoms with van der Waals surface area (Å²) in [7, 11) is -0.789. The van der Waals surface area contributed by atoms with Gasteiger partial charge in [-0.15, -0.1) is 0 Å². The summed E-state index contributed by atoms with van der Waals surface area (Å²) in [5.41, 5.74) is -0.374. The molecule has 8 heteroatoms. The number of nitrogens with zero attached hydrogens (tertiary/aromatic N) is 1. The van der Waals surface area contributed by atoms with Gasteiger partial charge in [0.2, 0.25) is 15.9 Å². The average molecular weight is 358 g/mol. The van der Waals surface area contributed by atoms with Gasteiger partial charge in [-0.1, -0.05) is 0 Å². The number of carbonyl (C=O) groups excluding carboxylic acids is 1. The molecule has 1 aromatic carbocycles. The summed E-state index contributed by atoms with van der Waals surface area (Å²) in [6.45, 7) is 7.57. The van der Waals surface area contributed by atoms with Crippen LogP contribution in [-0.4, -0.2) is 52.1 Å². The maximum Gasteiger partial charge on any atom is 0.240 e. The molecule has 0 fully saturated rings. The van der Waals surface area contributed by atoms with Gasteiger partial charge in [-0.3, -0.25) is 4.79 Å². The number of sulfonamides is 1. The Kier molecular flexibility index (Phi) is 6.62. The van der Waals surface area contributed by atoms with Crippen LogP contribution in [0, 0.1) is 0 Å². The van der Waals surface area contributed by atoms with E-state index in [2.05, 4.69) is 4.72 Å². The molecule has 24 heavy (non-hydrogen) atoms. The number of hydrogen-bond donors (Lipinski definition) is 1. The van der Waals surface area contributed by atoms with Gasteiger partial charge in [0.25, 0.3) is 0 Å². The Labute approximate surface area is 144 Å². The lowest BCUT2D eigenvalue weighted by molar-refractivity contribution is -0.133. The van der Waals surface area contributed by atoms with Crippen LogP contribution in [-0.2, 0) is 14.8 Å². The summed E-state index contributed by atoms with van der Waals surface area (Å²) in [4.78, 5) is 13.4. The van der Waals surface area contributed by atoms with Crippen molar-refractivity contribution in [2.24, 2.45) is 0 Å². The van der Waals surface area contributed by atoms with Gasteiger partial charge >= 0.3 is 0 Å². The molecule has 0 aliphatic rings. The van der Waals surface area contributed by atoms with Crippen LogP contribution in [0.1, 0.15) is 27.7 Å². The Hall–Kier alpha value is -1.80. The second-order valence-corrected chi connectivity index (χ2v) is 8.02. The van der Waals surface area contributed by atoms with Crippen molar-refractivity contribution >= 4 is 15.9 Å². The Morgan fingerprint density at radius 2 is 1.75 bits per heavy atom. The minimum atomic E-state index is -3.71. The molecule has 0 heterocycles. The number of rotatable bonds is 7. The van der Waals surface area contributed by atoms with Crippen molar-refractivity contribution in [2.45, 2.75) is 38.1 Å². The lowest BCUT2D eigenvalue weighted by Crippen LogP contribution is -2.48. The SMILES string of the molecule is COc1ccc(S(=O)(=O)NCCN(C(C)=O)C(C)(C)C)cc1OC. The molecule has 7 nitrogen and oxygen atoms in total. The van der Waals surface area contributed by atoms with Crippen molar-refractivity contribution in [3.05, 3.63) is 18.2 Å². The highest BCUT2D eigenvalue weighted by Gasteiger charge is 2.24. The van der Waals surface area contributed by atoms with Gasteiger partial charge in [0.15, 0.2) is 11.5 Å². The largest absolute Gasteiger partial charge is 0.493 e. The minimum absolute atomic E-state index is 0.0743. The van der Waals surface area contributed by atoms with E-state index in [1.165, 1.54) is 39.3 Å². The van der Waals surface area contributed by atoms with Crippen molar-refractivity contribution in [1.29, 1.82) is 0 Å². The summed E-state index contributed by atoms with van der Waals surface area (Å²) in [6, 6.07) is 4.37. The molecule has 0 saturated carbocycles. The number of methoxy groups -OCH3 is 2. The highest BCUT2D eigenvalue weighted by Crippen LogP contribution is 2.29. The third kappa shape index (κ3) is 5.10. The first-order chi connectivity index (χ1) is 11.0. The van der Waals surface area contributed by atoms with Crippen molar-refractivity contribution in [2.75, 3.05) is 27.3 Å². The van der Waals surface area contributed by atoms with Crippen LogP contribution in [0.25, 0.3) is 0 Å². The zero-order valence-electron chi connectivity index (χ0n) is 15.0. The van der Waals surface area contributed by atoms with Crippen molar-refractivity contribution in [3.63, 3.8) is 0 Å². The van der Waals surface area contributed by atoms with Crippen LogP contribution >= 0.6 is 0 Å². The van der Waals surface area contributed by atoms with Crippen LogP contribution in [0.15, 0.2) is 23.1 Å². The van der Waals surface area contributed by atoms with Gasteiger partial charge in [-0.05, 0) is 32.9 Å². The number of carbonyl (C=O) groups is 1. The predicted octanol–water partition coefficient (Wildman–Crippen LogP) is 1.63. The zero-order chi connectivity index (χ0) is 18.5. The Morgan fingerprint density at radius 1 is 1.17 bits per heavy atom. The standard InChI is InChI=1S/C16H26N2O5S/c1-12(19)18(16(2,3)4)10-9-17-24(20,21)13-7-8-14(22-5)15(11-13)23-6/h7-8,11,17H,9-10H2,1-6H3. The van der Waals surface area contributed by atoms with E-state index < -0.39 is 10.0 Å². The van der Waals surface area contributed by atoms with Crippen molar-refractivity contribution in [1.82, 2.24) is 9.62 Å². The van der Waals surface area contributed by atoms with E-state index in [0.717, 1.165) is 0 Å². The fraction of sp³-hybridized carbons (Fsp3) is 0.562. The molecule has 1 N–H and O–H groups in total. The highest BCUT2D eigenvalue weighted by atomic mass is 32.2. The van der Waals surface area contributed by atoms with Gasteiger partial charge in [0, 0.05) is 31.6 Å². The van der Waals surface area contributed by atoms with Gasteiger partial charge in [-0.25, -0.2) is 13.1 Å². The van der Waals surface area contributed by atoms with Gasteiger partial charge < -0.3 is 14.4 Å². The molecule has 0 aliphatic carbocycles. The summed E-state index contributed by atoms with van der Waals surface area (Å²) in [5.74, 6) is 0.681. The summed E-state index contributed by atoms with van der Waals surface area (Å²) >= 11 is 0. The van der Waals surface area contributed by atoms with Crippen LogP contribution in [0.4, 0.5) is 0 Å². The molecule has 0 aromatic heterocycles. The smallest absolute Gasteiger partial charge is 0.240 e. The molecular formula is C16H26N2O5S. The minimum Gasteiger partial charge on any atom is -0.493 e. The second kappa shape index (κ2) is 7.85. The first-order valence-electron chi connectivity index (χ1n) is 7.53. The average Bonchev–Trinajstić information content (AvgIpc) is 2.49. The molecule has 0 atom stereocenters. The number of nitrogens with one attached hydrogen (secondary N) is 1. The van der Waals surface area contributed by atoms with E-state index in [4.69, 9.17) is 9.47 Å².